The molecule has 0 radical (unpaired) electrons. The Morgan fingerprint density at radius 3 is 2.50 bits per heavy atom. The Morgan fingerprint density at radius 2 is 1.94 bits per heavy atom. The third kappa shape index (κ3) is 4.73. The molecule has 0 heterocycles. The monoisotopic (exact) mass is 285 g/mol. The molecular weight excluding hydrogens is 274 g/mol. The highest BCUT2D eigenvalue weighted by Gasteiger charge is 2.09. The molecule has 1 aromatic rings. The predicted molar refractivity (Wildman–Crippen MR) is 70.8 cm³/mol. The largest absolute Gasteiger partial charge is 0.348 e. The molecule has 0 aromatic heterocycles. The van der Waals surface area contributed by atoms with Crippen LogP contribution in [0.3, 0.4) is 0 Å². The van der Waals surface area contributed by atoms with Crippen LogP contribution in [0.25, 0.3) is 0 Å². The molecule has 0 spiro atoms. The first-order valence-electron chi connectivity index (χ1n) is 5.01. The second-order valence-electron chi connectivity index (χ2n) is 3.40. The molecule has 1 amide bonds. The lowest BCUT2D eigenvalue weighted by atomic mass is 10.4. The lowest BCUT2D eigenvalue weighted by Crippen LogP contribution is -2.22. The van der Waals surface area contributed by atoms with E-state index in [4.69, 9.17) is 11.6 Å². The van der Waals surface area contributed by atoms with Gasteiger partial charge in [-0.15, -0.1) is 0 Å². The van der Waals surface area contributed by atoms with Crippen LogP contribution >= 0.6 is 11.6 Å². The Hall–Kier alpha value is -1.59. The third-order valence-corrected chi connectivity index (χ3v) is 3.48. The van der Waals surface area contributed by atoms with Gasteiger partial charge in [-0.3, -0.25) is 4.79 Å². The van der Waals surface area contributed by atoms with Crippen molar-refractivity contribution in [1.82, 2.24) is 5.32 Å². The molecule has 0 aliphatic heterocycles. The minimum Gasteiger partial charge on any atom is -0.348 e. The van der Waals surface area contributed by atoms with E-state index in [2.05, 4.69) is 11.9 Å². The first-order chi connectivity index (χ1) is 8.42. The van der Waals surface area contributed by atoms with E-state index in [1.165, 1.54) is 12.1 Å². The van der Waals surface area contributed by atoms with Crippen LogP contribution in [0.5, 0.6) is 0 Å². The fourth-order valence-corrected chi connectivity index (χ4v) is 2.15. The maximum absolute atomic E-state index is 11.8. The number of rotatable bonds is 5. The van der Waals surface area contributed by atoms with Gasteiger partial charge in [0.15, 0.2) is 9.84 Å². The molecular formula is C12H12ClNO3S. The topological polar surface area (TPSA) is 63.2 Å². The van der Waals surface area contributed by atoms with Gasteiger partial charge < -0.3 is 5.32 Å². The number of sulfone groups is 1. The Morgan fingerprint density at radius 1 is 1.33 bits per heavy atom. The Kier molecular flexibility index (Phi) is 5.12. The van der Waals surface area contributed by atoms with Crippen molar-refractivity contribution in [3.63, 3.8) is 0 Å². The van der Waals surface area contributed by atoms with Crippen molar-refractivity contribution >= 4 is 27.3 Å². The average Bonchev–Trinajstić information content (AvgIpc) is 2.35. The summed E-state index contributed by atoms with van der Waals surface area (Å²) < 4.78 is 23.5. The fraction of sp³-hybridized carbons (Fsp3) is 0.0833. The molecule has 6 heteroatoms. The molecule has 1 aromatic carbocycles. The number of hydrogen-bond donors (Lipinski definition) is 1. The van der Waals surface area contributed by atoms with Crippen LogP contribution in [0, 0.1) is 0 Å². The van der Waals surface area contributed by atoms with Crippen LogP contribution in [0.1, 0.15) is 0 Å². The normalized spacial score (nSPS) is 11.4. The molecule has 0 bridgehead atoms. The number of amides is 1. The fourth-order valence-electron chi connectivity index (χ4n) is 1.08. The number of carbonyl (C=O) groups is 1. The smallest absolute Gasteiger partial charge is 0.244 e. The van der Waals surface area contributed by atoms with Gasteiger partial charge in [-0.1, -0.05) is 36.4 Å². The second-order valence-corrected chi connectivity index (χ2v) is 5.76. The standard InChI is InChI=1S/C12H12ClNO3S/c1-10(13)9-14-12(15)7-8-18(16,17)11-5-3-2-4-6-11/h2-8H,1,9H2,(H,14,15)/b8-7+. The number of halogens is 1. The molecule has 0 atom stereocenters. The molecule has 0 fully saturated rings. The third-order valence-electron chi connectivity index (χ3n) is 1.92. The second kappa shape index (κ2) is 6.37. The van der Waals surface area contributed by atoms with Crippen LogP contribution in [0.4, 0.5) is 0 Å². The summed E-state index contributed by atoms with van der Waals surface area (Å²) >= 11 is 5.46. The minimum atomic E-state index is -3.59. The summed E-state index contributed by atoms with van der Waals surface area (Å²) in [5, 5.41) is 3.51. The van der Waals surface area contributed by atoms with E-state index >= 15 is 0 Å². The van der Waals surface area contributed by atoms with Crippen molar-refractivity contribution in [2.75, 3.05) is 6.54 Å². The number of nitrogens with one attached hydrogen (secondary N) is 1. The summed E-state index contributed by atoms with van der Waals surface area (Å²) in [7, 11) is -3.59. The molecule has 0 saturated carbocycles. The van der Waals surface area contributed by atoms with Crippen molar-refractivity contribution in [3.8, 4) is 0 Å². The maximum Gasteiger partial charge on any atom is 0.244 e. The molecule has 18 heavy (non-hydrogen) atoms. The zero-order valence-electron chi connectivity index (χ0n) is 9.47. The van der Waals surface area contributed by atoms with Gasteiger partial charge in [0.05, 0.1) is 11.4 Å². The Labute approximate surface area is 111 Å². The molecule has 0 aliphatic carbocycles. The van der Waals surface area contributed by atoms with Crippen LogP contribution in [0.2, 0.25) is 0 Å². The zero-order valence-corrected chi connectivity index (χ0v) is 11.0. The van der Waals surface area contributed by atoms with Gasteiger partial charge in [0.25, 0.3) is 0 Å². The summed E-state index contributed by atoms with van der Waals surface area (Å²) in [5.74, 6) is -0.545. The van der Waals surface area contributed by atoms with Gasteiger partial charge in [-0.2, -0.15) is 0 Å². The van der Waals surface area contributed by atoms with E-state index in [1.54, 1.807) is 18.2 Å². The summed E-state index contributed by atoms with van der Waals surface area (Å²) in [6.07, 6.45) is 0.947. The van der Waals surface area contributed by atoms with Crippen molar-refractivity contribution in [2.24, 2.45) is 0 Å². The van der Waals surface area contributed by atoms with Crippen molar-refractivity contribution < 1.29 is 13.2 Å². The number of hydrogen-bond acceptors (Lipinski definition) is 3. The number of carbonyl (C=O) groups excluding carboxylic acids is 1. The first kappa shape index (κ1) is 14.5. The molecule has 1 N–H and O–H groups in total. The number of benzene rings is 1. The van der Waals surface area contributed by atoms with E-state index < -0.39 is 15.7 Å². The van der Waals surface area contributed by atoms with Crippen LogP contribution < -0.4 is 5.32 Å². The quantitative estimate of drug-likeness (QED) is 0.840. The average molecular weight is 286 g/mol. The summed E-state index contributed by atoms with van der Waals surface area (Å²) in [5.41, 5.74) is 0. The van der Waals surface area contributed by atoms with Crippen LogP contribution in [-0.2, 0) is 14.6 Å². The van der Waals surface area contributed by atoms with Gasteiger partial charge in [-0.05, 0) is 12.1 Å². The molecule has 1 rings (SSSR count). The van der Waals surface area contributed by atoms with Gasteiger partial charge >= 0.3 is 0 Å². The van der Waals surface area contributed by atoms with Crippen molar-refractivity contribution in [1.29, 1.82) is 0 Å². The van der Waals surface area contributed by atoms with Gasteiger partial charge in [0.2, 0.25) is 5.91 Å². The zero-order chi connectivity index (χ0) is 13.6. The summed E-state index contributed by atoms with van der Waals surface area (Å²) in [4.78, 5) is 11.4. The SMILES string of the molecule is C=C(Cl)CNC(=O)/C=C/S(=O)(=O)c1ccccc1. The van der Waals surface area contributed by atoms with E-state index in [-0.39, 0.29) is 16.5 Å². The maximum atomic E-state index is 11.8. The highest BCUT2D eigenvalue weighted by Crippen LogP contribution is 2.10. The van der Waals surface area contributed by atoms with Crippen LogP contribution in [0.15, 0.2) is 58.3 Å². The van der Waals surface area contributed by atoms with Gasteiger partial charge in [-0.25, -0.2) is 8.42 Å². The van der Waals surface area contributed by atoms with E-state index in [9.17, 15) is 13.2 Å². The first-order valence-corrected chi connectivity index (χ1v) is 6.93. The van der Waals surface area contributed by atoms with Gasteiger partial charge in [0.1, 0.15) is 0 Å². The van der Waals surface area contributed by atoms with Gasteiger partial charge in [0, 0.05) is 16.5 Å². The summed E-state index contributed by atoms with van der Waals surface area (Å²) in [6, 6.07) is 7.84. The van der Waals surface area contributed by atoms with E-state index in [0.29, 0.717) is 0 Å². The molecule has 4 nitrogen and oxygen atoms in total. The lowest BCUT2D eigenvalue weighted by Gasteiger charge is -2.00. The molecule has 0 aliphatic rings. The predicted octanol–water partition coefficient (Wildman–Crippen LogP) is 1.84. The molecule has 96 valence electrons. The molecule has 0 saturated heterocycles. The van der Waals surface area contributed by atoms with E-state index in [1.807, 2.05) is 0 Å². The van der Waals surface area contributed by atoms with Crippen LogP contribution in [-0.4, -0.2) is 20.9 Å². The Balaban J connectivity index is 2.72. The van der Waals surface area contributed by atoms with Crippen molar-refractivity contribution in [2.45, 2.75) is 4.90 Å². The van der Waals surface area contributed by atoms with E-state index in [0.717, 1.165) is 11.5 Å². The van der Waals surface area contributed by atoms with Crippen molar-refractivity contribution in [3.05, 3.63) is 53.4 Å². The lowest BCUT2D eigenvalue weighted by molar-refractivity contribution is -0.116. The highest BCUT2D eigenvalue weighted by molar-refractivity contribution is 7.94. The highest BCUT2D eigenvalue weighted by atomic mass is 35.5. The Bertz CT molecular complexity index is 564. The minimum absolute atomic E-state index is 0.0934. The molecule has 0 unspecified atom stereocenters. The summed E-state index contributed by atoms with van der Waals surface area (Å²) in [6.45, 7) is 3.49.